The van der Waals surface area contributed by atoms with Gasteiger partial charge in [-0.2, -0.15) is 0 Å². The molecule has 1 amide bonds. The van der Waals surface area contributed by atoms with E-state index >= 15 is 0 Å². The fourth-order valence-corrected chi connectivity index (χ4v) is 3.45. The Balaban J connectivity index is 1.82. The van der Waals surface area contributed by atoms with E-state index in [0.717, 1.165) is 18.4 Å². The first-order chi connectivity index (χ1) is 13.5. The van der Waals surface area contributed by atoms with Crippen LogP contribution < -0.4 is 14.2 Å². The predicted octanol–water partition coefficient (Wildman–Crippen LogP) is 3.14. The molecule has 1 N–H and O–H groups in total. The molecule has 0 saturated carbocycles. The van der Waals surface area contributed by atoms with E-state index in [-0.39, 0.29) is 11.9 Å². The number of aliphatic carboxylic acids is 1. The first-order valence-corrected chi connectivity index (χ1v) is 9.01. The van der Waals surface area contributed by atoms with Crippen molar-refractivity contribution in [3.8, 4) is 17.2 Å². The van der Waals surface area contributed by atoms with Crippen LogP contribution in [0.1, 0.15) is 34.8 Å². The molecule has 2 aromatic rings. The summed E-state index contributed by atoms with van der Waals surface area (Å²) < 4.78 is 15.9. The number of carbonyl (C=O) groups is 2. The van der Waals surface area contributed by atoms with Crippen LogP contribution in [0, 0.1) is 0 Å². The maximum absolute atomic E-state index is 13.1. The summed E-state index contributed by atoms with van der Waals surface area (Å²) in [6.45, 7) is 0.202. The van der Waals surface area contributed by atoms with Gasteiger partial charge < -0.3 is 24.2 Å². The Morgan fingerprint density at radius 1 is 1.11 bits per heavy atom. The summed E-state index contributed by atoms with van der Waals surface area (Å²) in [4.78, 5) is 25.6. The minimum atomic E-state index is -1.07. The summed E-state index contributed by atoms with van der Waals surface area (Å²) in [5, 5.41) is 8.75. The van der Waals surface area contributed by atoms with Crippen LogP contribution in [0.15, 0.2) is 42.5 Å². The number of benzene rings is 2. The molecular formula is C21H23NO6. The number of hydrogen-bond donors (Lipinski definition) is 1. The number of methoxy groups -OCH3 is 2. The van der Waals surface area contributed by atoms with Crippen molar-refractivity contribution in [1.29, 1.82) is 0 Å². The van der Waals surface area contributed by atoms with Gasteiger partial charge in [-0.15, -0.1) is 0 Å². The van der Waals surface area contributed by atoms with Gasteiger partial charge in [-0.25, -0.2) is 4.79 Å². The summed E-state index contributed by atoms with van der Waals surface area (Å²) in [6.07, 6.45) is 1.76. The van der Waals surface area contributed by atoms with Crippen LogP contribution in [0.25, 0.3) is 0 Å². The summed E-state index contributed by atoms with van der Waals surface area (Å²) >= 11 is 0. The maximum atomic E-state index is 13.1. The predicted molar refractivity (Wildman–Crippen MR) is 102 cm³/mol. The van der Waals surface area contributed by atoms with Gasteiger partial charge in [0.05, 0.1) is 20.3 Å². The SMILES string of the molecule is COc1ccc(C2CCCN2C(=O)c2cccc(OCC(=O)O)c2)cc1OC. The van der Waals surface area contributed by atoms with E-state index in [1.54, 1.807) is 38.5 Å². The van der Waals surface area contributed by atoms with Gasteiger partial charge in [-0.05, 0) is 48.7 Å². The molecule has 1 fully saturated rings. The molecule has 1 heterocycles. The van der Waals surface area contributed by atoms with Crippen molar-refractivity contribution in [2.75, 3.05) is 27.4 Å². The largest absolute Gasteiger partial charge is 0.493 e. The minimum absolute atomic E-state index is 0.0594. The number of ether oxygens (including phenoxy) is 3. The number of hydrogen-bond acceptors (Lipinski definition) is 5. The summed E-state index contributed by atoms with van der Waals surface area (Å²) in [6, 6.07) is 12.2. The lowest BCUT2D eigenvalue weighted by atomic mass is 10.0. The maximum Gasteiger partial charge on any atom is 0.341 e. The van der Waals surface area contributed by atoms with Crippen molar-refractivity contribution in [3.63, 3.8) is 0 Å². The molecule has 1 aliphatic heterocycles. The van der Waals surface area contributed by atoms with Crippen LogP contribution in [-0.2, 0) is 4.79 Å². The van der Waals surface area contributed by atoms with E-state index in [1.807, 2.05) is 23.1 Å². The van der Waals surface area contributed by atoms with Crippen LogP contribution in [-0.4, -0.2) is 49.3 Å². The van der Waals surface area contributed by atoms with E-state index in [1.165, 1.54) is 0 Å². The van der Waals surface area contributed by atoms with Crippen molar-refractivity contribution in [1.82, 2.24) is 4.90 Å². The fourth-order valence-electron chi connectivity index (χ4n) is 3.45. The number of amides is 1. The molecule has 2 aromatic carbocycles. The second-order valence-electron chi connectivity index (χ2n) is 6.48. The van der Waals surface area contributed by atoms with Crippen molar-refractivity contribution < 1.29 is 28.9 Å². The van der Waals surface area contributed by atoms with Crippen molar-refractivity contribution in [2.24, 2.45) is 0 Å². The highest BCUT2D eigenvalue weighted by Gasteiger charge is 2.31. The van der Waals surface area contributed by atoms with Gasteiger partial charge in [0.25, 0.3) is 5.91 Å². The highest BCUT2D eigenvalue weighted by Crippen LogP contribution is 2.37. The Hall–Kier alpha value is -3.22. The van der Waals surface area contributed by atoms with Gasteiger partial charge in [0.1, 0.15) is 5.75 Å². The monoisotopic (exact) mass is 385 g/mol. The lowest BCUT2D eigenvalue weighted by Crippen LogP contribution is -2.30. The third-order valence-electron chi connectivity index (χ3n) is 4.75. The van der Waals surface area contributed by atoms with E-state index in [0.29, 0.717) is 29.4 Å². The molecule has 148 valence electrons. The zero-order valence-electron chi connectivity index (χ0n) is 15.9. The third-order valence-corrected chi connectivity index (χ3v) is 4.75. The molecule has 1 unspecified atom stereocenters. The molecule has 7 nitrogen and oxygen atoms in total. The van der Waals surface area contributed by atoms with E-state index in [4.69, 9.17) is 19.3 Å². The topological polar surface area (TPSA) is 85.3 Å². The molecule has 0 aromatic heterocycles. The number of nitrogens with zero attached hydrogens (tertiary/aromatic N) is 1. The first-order valence-electron chi connectivity index (χ1n) is 9.01. The highest BCUT2D eigenvalue weighted by atomic mass is 16.5. The van der Waals surface area contributed by atoms with Crippen molar-refractivity contribution in [2.45, 2.75) is 18.9 Å². The molecule has 3 rings (SSSR count). The molecule has 1 aliphatic rings. The summed E-state index contributed by atoms with van der Waals surface area (Å²) in [5.74, 6) is 0.451. The van der Waals surface area contributed by atoms with Crippen LogP contribution in [0.2, 0.25) is 0 Å². The van der Waals surface area contributed by atoms with Gasteiger partial charge in [-0.3, -0.25) is 4.79 Å². The van der Waals surface area contributed by atoms with E-state index < -0.39 is 12.6 Å². The number of rotatable bonds is 7. The number of likely N-dealkylation sites (tertiary alicyclic amines) is 1. The molecule has 0 spiro atoms. The molecular weight excluding hydrogens is 362 g/mol. The Morgan fingerprint density at radius 2 is 1.89 bits per heavy atom. The molecule has 0 bridgehead atoms. The van der Waals surface area contributed by atoms with Crippen molar-refractivity contribution in [3.05, 3.63) is 53.6 Å². The minimum Gasteiger partial charge on any atom is -0.493 e. The third kappa shape index (κ3) is 4.19. The Labute approximate surface area is 163 Å². The normalized spacial score (nSPS) is 15.9. The number of carboxylic acid groups (broad SMARTS) is 1. The molecule has 7 heteroatoms. The summed E-state index contributed by atoms with van der Waals surface area (Å²) in [7, 11) is 3.17. The van der Waals surface area contributed by atoms with Crippen LogP contribution in [0.5, 0.6) is 17.2 Å². The molecule has 0 radical (unpaired) electrons. The second kappa shape index (κ2) is 8.65. The average Bonchev–Trinajstić information content (AvgIpc) is 3.21. The lowest BCUT2D eigenvalue weighted by molar-refractivity contribution is -0.139. The number of carboxylic acids is 1. The smallest absolute Gasteiger partial charge is 0.341 e. The second-order valence-corrected chi connectivity index (χ2v) is 6.48. The Morgan fingerprint density at radius 3 is 2.61 bits per heavy atom. The lowest BCUT2D eigenvalue weighted by Gasteiger charge is -2.26. The fraction of sp³-hybridized carbons (Fsp3) is 0.333. The van der Waals surface area contributed by atoms with Gasteiger partial charge in [0.15, 0.2) is 18.1 Å². The quantitative estimate of drug-likeness (QED) is 0.788. The summed E-state index contributed by atoms with van der Waals surface area (Å²) in [5.41, 5.74) is 1.46. The van der Waals surface area contributed by atoms with Crippen LogP contribution >= 0.6 is 0 Å². The molecule has 1 atom stereocenters. The van der Waals surface area contributed by atoms with Gasteiger partial charge in [0, 0.05) is 12.1 Å². The van der Waals surface area contributed by atoms with Crippen LogP contribution in [0.3, 0.4) is 0 Å². The standard InChI is InChI=1S/C21H23NO6/c1-26-18-9-8-14(12-19(18)27-2)17-7-4-10-22(17)21(25)15-5-3-6-16(11-15)28-13-20(23)24/h3,5-6,8-9,11-12,17H,4,7,10,13H2,1-2H3,(H,23,24). The Kier molecular flexibility index (Phi) is 6.03. The van der Waals surface area contributed by atoms with Gasteiger partial charge >= 0.3 is 5.97 Å². The first kappa shape index (κ1) is 19.5. The molecule has 0 aliphatic carbocycles. The van der Waals surface area contributed by atoms with Crippen molar-refractivity contribution >= 4 is 11.9 Å². The molecule has 28 heavy (non-hydrogen) atoms. The number of carbonyl (C=O) groups excluding carboxylic acids is 1. The van der Waals surface area contributed by atoms with E-state index in [2.05, 4.69) is 0 Å². The highest BCUT2D eigenvalue weighted by molar-refractivity contribution is 5.95. The van der Waals surface area contributed by atoms with Gasteiger partial charge in [-0.1, -0.05) is 12.1 Å². The van der Waals surface area contributed by atoms with E-state index in [9.17, 15) is 9.59 Å². The van der Waals surface area contributed by atoms with Gasteiger partial charge in [0.2, 0.25) is 0 Å². The average molecular weight is 385 g/mol. The Bertz CT molecular complexity index is 866. The zero-order chi connectivity index (χ0) is 20.1. The van der Waals surface area contributed by atoms with Crippen LogP contribution in [0.4, 0.5) is 0 Å². The zero-order valence-corrected chi connectivity index (χ0v) is 15.9. The molecule has 1 saturated heterocycles.